The Morgan fingerprint density at radius 3 is 2.47 bits per heavy atom. The molecule has 32 heavy (non-hydrogen) atoms. The second-order valence-electron chi connectivity index (χ2n) is 9.04. The standard InChI is InChI=1S/C26H34N4O2/c1-19(21-12-11-20-7-5-6-8-22(20)17-21)27-25(31)18-30-15-13-24(14-16-30)29-26(32)28-23-9-3-2-4-10-23/h2-4,9-12,17,19,24H,5-8,13-16,18H2,1H3,(H,27,31)(H2,28,29,32). The maximum Gasteiger partial charge on any atom is 0.319 e. The van der Waals surface area contributed by atoms with Gasteiger partial charge in [0.05, 0.1) is 12.6 Å². The summed E-state index contributed by atoms with van der Waals surface area (Å²) in [6.07, 6.45) is 6.55. The van der Waals surface area contributed by atoms with Crippen molar-refractivity contribution in [3.05, 3.63) is 65.2 Å². The molecular formula is C26H34N4O2. The van der Waals surface area contributed by atoms with Crippen LogP contribution in [0.3, 0.4) is 0 Å². The number of urea groups is 1. The van der Waals surface area contributed by atoms with Crippen molar-refractivity contribution in [3.63, 3.8) is 0 Å². The quantitative estimate of drug-likeness (QED) is 0.643. The zero-order valence-electron chi connectivity index (χ0n) is 18.9. The molecule has 6 heteroatoms. The smallest absolute Gasteiger partial charge is 0.319 e. The SMILES string of the molecule is CC(NC(=O)CN1CCC(NC(=O)Nc2ccccc2)CC1)c1ccc2c(c1)CCCC2. The third-order valence-corrected chi connectivity index (χ3v) is 6.57. The number of nitrogens with zero attached hydrogens (tertiary/aromatic N) is 1. The van der Waals surface area contributed by atoms with Gasteiger partial charge in [-0.05, 0) is 74.3 Å². The number of carbonyl (C=O) groups is 2. The maximum atomic E-state index is 12.6. The van der Waals surface area contributed by atoms with Crippen LogP contribution in [0.15, 0.2) is 48.5 Å². The van der Waals surface area contributed by atoms with E-state index in [2.05, 4.69) is 46.0 Å². The number of likely N-dealkylation sites (tertiary alicyclic amines) is 1. The number of fused-ring (bicyclic) bond motifs is 1. The van der Waals surface area contributed by atoms with Gasteiger partial charge in [0.25, 0.3) is 0 Å². The number of benzene rings is 2. The van der Waals surface area contributed by atoms with Crippen molar-refractivity contribution < 1.29 is 9.59 Å². The molecule has 0 saturated carbocycles. The molecule has 0 spiro atoms. The van der Waals surface area contributed by atoms with Gasteiger partial charge in [-0.1, -0.05) is 36.4 Å². The average molecular weight is 435 g/mol. The van der Waals surface area contributed by atoms with Gasteiger partial charge in [-0.2, -0.15) is 0 Å². The Bertz CT molecular complexity index is 923. The maximum absolute atomic E-state index is 12.6. The van der Waals surface area contributed by atoms with Crippen LogP contribution in [0.25, 0.3) is 0 Å². The van der Waals surface area contributed by atoms with Crippen LogP contribution in [0, 0.1) is 0 Å². The molecule has 1 aliphatic heterocycles. The van der Waals surface area contributed by atoms with Crippen LogP contribution >= 0.6 is 0 Å². The molecule has 170 valence electrons. The van der Waals surface area contributed by atoms with E-state index in [0.717, 1.165) is 38.0 Å². The lowest BCUT2D eigenvalue weighted by atomic mass is 9.89. The second kappa shape index (κ2) is 10.6. The second-order valence-corrected chi connectivity index (χ2v) is 9.04. The minimum Gasteiger partial charge on any atom is -0.348 e. The summed E-state index contributed by atoms with van der Waals surface area (Å²) in [6, 6.07) is 16.1. The molecule has 0 aromatic heterocycles. The highest BCUT2D eigenvalue weighted by atomic mass is 16.2. The van der Waals surface area contributed by atoms with Crippen molar-refractivity contribution in [2.24, 2.45) is 0 Å². The van der Waals surface area contributed by atoms with Gasteiger partial charge in [0.15, 0.2) is 0 Å². The zero-order chi connectivity index (χ0) is 22.3. The van der Waals surface area contributed by atoms with Crippen molar-refractivity contribution >= 4 is 17.6 Å². The number of anilines is 1. The largest absolute Gasteiger partial charge is 0.348 e. The van der Waals surface area contributed by atoms with Crippen LogP contribution in [0.1, 0.15) is 55.3 Å². The van der Waals surface area contributed by atoms with Crippen molar-refractivity contribution in [2.45, 2.75) is 57.5 Å². The van der Waals surface area contributed by atoms with Gasteiger partial charge in [0, 0.05) is 24.8 Å². The molecule has 1 aliphatic carbocycles. The van der Waals surface area contributed by atoms with Gasteiger partial charge in [-0.15, -0.1) is 0 Å². The van der Waals surface area contributed by atoms with E-state index >= 15 is 0 Å². The highest BCUT2D eigenvalue weighted by Gasteiger charge is 2.23. The highest BCUT2D eigenvalue weighted by Crippen LogP contribution is 2.24. The van der Waals surface area contributed by atoms with Crippen molar-refractivity contribution in [2.75, 3.05) is 25.0 Å². The van der Waals surface area contributed by atoms with Crippen LogP contribution in [0.5, 0.6) is 0 Å². The molecular weight excluding hydrogens is 400 g/mol. The lowest BCUT2D eigenvalue weighted by molar-refractivity contribution is -0.123. The Balaban J connectivity index is 1.18. The number of hydrogen-bond acceptors (Lipinski definition) is 3. The fourth-order valence-corrected chi connectivity index (χ4v) is 4.71. The Morgan fingerprint density at radius 1 is 1.00 bits per heavy atom. The van der Waals surface area contributed by atoms with E-state index in [4.69, 9.17) is 0 Å². The predicted molar refractivity (Wildman–Crippen MR) is 128 cm³/mol. The van der Waals surface area contributed by atoms with Gasteiger partial charge in [0.2, 0.25) is 5.91 Å². The van der Waals surface area contributed by atoms with Crippen molar-refractivity contribution in [3.8, 4) is 0 Å². The summed E-state index contributed by atoms with van der Waals surface area (Å²) in [5, 5.41) is 9.06. The Labute approximate surface area is 190 Å². The van der Waals surface area contributed by atoms with Crippen LogP contribution in [-0.2, 0) is 17.6 Å². The number of hydrogen-bond donors (Lipinski definition) is 3. The minimum atomic E-state index is -0.175. The number of nitrogens with one attached hydrogen (secondary N) is 3. The third-order valence-electron chi connectivity index (χ3n) is 6.57. The first-order valence-electron chi connectivity index (χ1n) is 11.8. The van der Waals surface area contributed by atoms with Crippen LogP contribution in [0.2, 0.25) is 0 Å². The van der Waals surface area contributed by atoms with Gasteiger partial charge in [-0.25, -0.2) is 4.79 Å². The van der Waals surface area contributed by atoms with Gasteiger partial charge in [-0.3, -0.25) is 9.69 Å². The summed E-state index contributed by atoms with van der Waals surface area (Å²) >= 11 is 0. The number of piperidine rings is 1. The van der Waals surface area contributed by atoms with E-state index < -0.39 is 0 Å². The van der Waals surface area contributed by atoms with E-state index in [0.29, 0.717) is 6.54 Å². The molecule has 4 rings (SSSR count). The summed E-state index contributed by atoms with van der Waals surface area (Å²) in [5.41, 5.74) is 4.88. The van der Waals surface area contributed by atoms with Crippen molar-refractivity contribution in [1.29, 1.82) is 0 Å². The first-order chi connectivity index (χ1) is 15.6. The van der Waals surface area contributed by atoms with Crippen LogP contribution in [0.4, 0.5) is 10.5 Å². The molecule has 1 unspecified atom stereocenters. The number of rotatable bonds is 6. The van der Waals surface area contributed by atoms with Crippen molar-refractivity contribution in [1.82, 2.24) is 15.5 Å². The van der Waals surface area contributed by atoms with Crippen LogP contribution < -0.4 is 16.0 Å². The van der Waals surface area contributed by atoms with Gasteiger partial charge < -0.3 is 16.0 Å². The Hall–Kier alpha value is -2.86. The van der Waals surface area contributed by atoms with E-state index in [1.54, 1.807) is 0 Å². The summed E-state index contributed by atoms with van der Waals surface area (Å²) in [7, 11) is 0. The summed E-state index contributed by atoms with van der Waals surface area (Å²) < 4.78 is 0. The molecule has 2 aromatic rings. The van der Waals surface area contributed by atoms with E-state index in [9.17, 15) is 9.59 Å². The van der Waals surface area contributed by atoms with E-state index in [1.165, 1.54) is 36.0 Å². The predicted octanol–water partition coefficient (Wildman–Crippen LogP) is 4.03. The number of aryl methyl sites for hydroxylation is 2. The fraction of sp³-hybridized carbons (Fsp3) is 0.462. The average Bonchev–Trinajstić information content (AvgIpc) is 2.80. The summed E-state index contributed by atoms with van der Waals surface area (Å²) in [6.45, 7) is 4.07. The monoisotopic (exact) mass is 434 g/mol. The number of carbonyl (C=O) groups excluding carboxylic acids is 2. The Kier molecular flexibility index (Phi) is 7.43. The van der Waals surface area contributed by atoms with Crippen LogP contribution in [-0.4, -0.2) is 42.5 Å². The lowest BCUT2D eigenvalue weighted by Gasteiger charge is -2.32. The molecule has 2 aliphatic rings. The zero-order valence-corrected chi connectivity index (χ0v) is 18.9. The lowest BCUT2D eigenvalue weighted by Crippen LogP contribution is -2.48. The number of amides is 3. The molecule has 1 saturated heterocycles. The fourth-order valence-electron chi connectivity index (χ4n) is 4.71. The first kappa shape index (κ1) is 22.3. The Morgan fingerprint density at radius 2 is 1.72 bits per heavy atom. The summed E-state index contributed by atoms with van der Waals surface area (Å²) in [4.78, 5) is 27.0. The minimum absolute atomic E-state index is 0.00983. The van der Waals surface area contributed by atoms with Gasteiger partial charge >= 0.3 is 6.03 Å². The third kappa shape index (κ3) is 6.10. The first-order valence-corrected chi connectivity index (χ1v) is 11.8. The number of para-hydroxylation sites is 1. The molecule has 1 fully saturated rings. The highest BCUT2D eigenvalue weighted by molar-refractivity contribution is 5.89. The molecule has 0 bridgehead atoms. The molecule has 1 atom stereocenters. The van der Waals surface area contributed by atoms with Gasteiger partial charge in [0.1, 0.15) is 0 Å². The summed E-state index contributed by atoms with van der Waals surface area (Å²) in [5.74, 6) is 0.0588. The topological polar surface area (TPSA) is 73.5 Å². The molecule has 6 nitrogen and oxygen atoms in total. The normalized spacial score (nSPS) is 17.8. The van der Waals surface area contributed by atoms with E-state index in [1.807, 2.05) is 30.3 Å². The van der Waals surface area contributed by atoms with E-state index in [-0.39, 0.29) is 24.0 Å². The molecule has 3 amide bonds. The molecule has 1 heterocycles. The molecule has 0 radical (unpaired) electrons. The molecule has 3 N–H and O–H groups in total. The molecule has 2 aromatic carbocycles.